The van der Waals surface area contributed by atoms with Crippen LogP contribution in [0.25, 0.3) is 0 Å². The molecule has 38 heavy (non-hydrogen) atoms. The topological polar surface area (TPSA) is 147 Å². The van der Waals surface area contributed by atoms with E-state index in [1.54, 1.807) is 7.05 Å². The molecule has 3 heterocycles. The highest BCUT2D eigenvalue weighted by Crippen LogP contribution is 2.29. The Balaban J connectivity index is 1.54. The lowest BCUT2D eigenvalue weighted by atomic mass is 9.94. The Kier molecular flexibility index (Phi) is 9.08. The van der Waals surface area contributed by atoms with Crippen molar-refractivity contribution in [2.45, 2.75) is 38.5 Å². The Morgan fingerprint density at radius 3 is 2.58 bits per heavy atom. The van der Waals surface area contributed by atoms with Gasteiger partial charge in [0.15, 0.2) is 6.29 Å². The van der Waals surface area contributed by atoms with Crippen molar-refractivity contribution in [2.75, 3.05) is 48.3 Å². The van der Waals surface area contributed by atoms with Gasteiger partial charge in [-0.1, -0.05) is 0 Å². The van der Waals surface area contributed by atoms with Gasteiger partial charge in [0.2, 0.25) is 5.95 Å². The van der Waals surface area contributed by atoms with Gasteiger partial charge in [-0.3, -0.25) is 9.59 Å². The number of anilines is 4. The minimum atomic E-state index is -0.753. The minimum Gasteiger partial charge on any atom is -0.481 e. The fourth-order valence-corrected chi connectivity index (χ4v) is 5.12. The van der Waals surface area contributed by atoms with Crippen molar-refractivity contribution in [3.8, 4) is 6.07 Å². The molecule has 1 aromatic carbocycles. The van der Waals surface area contributed by atoms with E-state index in [4.69, 9.17) is 15.4 Å². The number of carboxylic acid groups (broad SMARTS) is 1. The zero-order valence-electron chi connectivity index (χ0n) is 21.6. The summed E-state index contributed by atoms with van der Waals surface area (Å²) in [7, 11) is 1.67. The van der Waals surface area contributed by atoms with Crippen LogP contribution >= 0.6 is 0 Å². The molecule has 2 aliphatic rings. The Bertz CT molecular complexity index is 1190. The largest absolute Gasteiger partial charge is 0.481 e. The van der Waals surface area contributed by atoms with Crippen molar-refractivity contribution in [1.82, 2.24) is 15.4 Å². The third kappa shape index (κ3) is 6.76. The van der Waals surface area contributed by atoms with Crippen molar-refractivity contribution >= 4 is 41.6 Å². The average Bonchev–Trinajstić information content (AvgIpc) is 2.92. The van der Waals surface area contributed by atoms with Gasteiger partial charge < -0.3 is 25.6 Å². The number of carbonyl (C=O) groups excluding carboxylic acids is 1. The minimum absolute atomic E-state index is 0.149. The van der Waals surface area contributed by atoms with E-state index in [2.05, 4.69) is 36.7 Å². The van der Waals surface area contributed by atoms with Crippen molar-refractivity contribution < 1.29 is 14.7 Å². The zero-order chi connectivity index (χ0) is 26.9. The monoisotopic (exact) mass is 518 g/mol. The molecule has 11 nitrogen and oxygen atoms in total. The van der Waals surface area contributed by atoms with Crippen molar-refractivity contribution in [2.24, 2.45) is 16.9 Å². The number of nitriles is 1. The molecule has 2 saturated heterocycles. The van der Waals surface area contributed by atoms with Crippen LogP contribution < -0.4 is 20.5 Å². The molecule has 200 valence electrons. The molecular weight excluding hydrogens is 484 g/mol. The quantitative estimate of drug-likeness (QED) is 0.243. The van der Waals surface area contributed by atoms with E-state index in [-0.39, 0.29) is 12.3 Å². The Labute approximate surface area is 222 Å². The van der Waals surface area contributed by atoms with Crippen molar-refractivity contribution in [3.63, 3.8) is 0 Å². The molecule has 4 rings (SSSR count). The van der Waals surface area contributed by atoms with Gasteiger partial charge in [-0.15, -0.1) is 0 Å². The third-order valence-corrected chi connectivity index (χ3v) is 7.15. The summed E-state index contributed by atoms with van der Waals surface area (Å²) >= 11 is 0. The second-order valence-corrected chi connectivity index (χ2v) is 9.79. The Morgan fingerprint density at radius 2 is 1.92 bits per heavy atom. The number of aliphatic carboxylic acids is 1. The zero-order valence-corrected chi connectivity index (χ0v) is 21.6. The Hall–Kier alpha value is -4.20. The van der Waals surface area contributed by atoms with Gasteiger partial charge >= 0.3 is 5.97 Å². The molecule has 3 N–H and O–H groups in total. The number of benzene rings is 1. The van der Waals surface area contributed by atoms with E-state index < -0.39 is 5.97 Å². The number of carbonyl (C=O) groups is 2. The van der Waals surface area contributed by atoms with Gasteiger partial charge in [-0.05, 0) is 61.8 Å². The van der Waals surface area contributed by atoms with E-state index in [0.29, 0.717) is 35.4 Å². The summed E-state index contributed by atoms with van der Waals surface area (Å²) in [6.45, 7) is 3.10. The average molecular weight is 519 g/mol. The number of piperidine rings is 2. The molecule has 0 spiro atoms. The van der Waals surface area contributed by atoms with Crippen molar-refractivity contribution in [1.29, 1.82) is 5.26 Å². The molecule has 1 unspecified atom stereocenters. The van der Waals surface area contributed by atoms with Crippen molar-refractivity contribution in [3.05, 3.63) is 35.5 Å². The first kappa shape index (κ1) is 26.9. The predicted octanol–water partition coefficient (Wildman–Crippen LogP) is 3.41. The van der Waals surface area contributed by atoms with Crippen LogP contribution in [0, 0.1) is 23.2 Å². The number of hydrogen-bond acceptors (Lipinski definition) is 10. The number of rotatable bonds is 10. The van der Waals surface area contributed by atoms with Crippen LogP contribution in [-0.4, -0.2) is 66.8 Å². The first-order chi connectivity index (χ1) is 18.5. The highest BCUT2D eigenvalue weighted by atomic mass is 16.4. The maximum atomic E-state index is 12.1. The summed E-state index contributed by atoms with van der Waals surface area (Å²) in [5.74, 6) is 0.689. The number of nitrogens with one attached hydrogen (secondary N) is 2. The number of aldehydes is 1. The van der Waals surface area contributed by atoms with Gasteiger partial charge in [0.05, 0.1) is 17.8 Å². The molecule has 0 aliphatic carbocycles. The molecule has 0 radical (unpaired) electrons. The van der Waals surface area contributed by atoms with E-state index in [9.17, 15) is 9.59 Å². The predicted molar refractivity (Wildman–Crippen MR) is 146 cm³/mol. The maximum absolute atomic E-state index is 12.1. The smallest absolute Gasteiger partial charge is 0.303 e. The molecule has 0 amide bonds. The Morgan fingerprint density at radius 1 is 1.16 bits per heavy atom. The lowest BCUT2D eigenvalue weighted by molar-refractivity contribution is -0.138. The van der Waals surface area contributed by atoms with Gasteiger partial charge in [-0.2, -0.15) is 15.3 Å². The van der Waals surface area contributed by atoms with Crippen LogP contribution in [0.4, 0.5) is 23.1 Å². The van der Waals surface area contributed by atoms with E-state index in [1.165, 1.54) is 6.21 Å². The summed E-state index contributed by atoms with van der Waals surface area (Å²) in [6, 6.07) is 10.1. The molecular formula is C27H34N8O3. The normalized spacial score (nSPS) is 18.3. The summed E-state index contributed by atoms with van der Waals surface area (Å²) in [6.07, 6.45) is 6.66. The van der Waals surface area contributed by atoms with E-state index in [1.807, 2.05) is 24.3 Å². The molecule has 1 aromatic heterocycles. The second-order valence-electron chi connectivity index (χ2n) is 9.79. The molecule has 2 fully saturated rings. The van der Waals surface area contributed by atoms with Crippen LogP contribution in [0.15, 0.2) is 29.4 Å². The van der Waals surface area contributed by atoms with Gasteiger partial charge in [0.1, 0.15) is 11.5 Å². The van der Waals surface area contributed by atoms with Crippen LogP contribution in [0.2, 0.25) is 0 Å². The number of hydrazone groups is 1. The summed E-state index contributed by atoms with van der Waals surface area (Å²) in [4.78, 5) is 36.9. The maximum Gasteiger partial charge on any atom is 0.303 e. The van der Waals surface area contributed by atoms with E-state index in [0.717, 1.165) is 69.5 Å². The SMILES string of the molecule is CN/N=C\c1nc(N2CCC(CC#N)CC2)nc(Nc2ccc(N3CCCC(CC(=O)O)C3)cc2)c1C=O. The lowest BCUT2D eigenvalue weighted by Gasteiger charge is -2.34. The summed E-state index contributed by atoms with van der Waals surface area (Å²) in [5, 5.41) is 25.5. The van der Waals surface area contributed by atoms with Gasteiger partial charge in [0, 0.05) is 57.4 Å². The summed E-state index contributed by atoms with van der Waals surface area (Å²) in [5.41, 5.74) is 5.22. The van der Waals surface area contributed by atoms with Crippen LogP contribution in [0.5, 0.6) is 0 Å². The lowest BCUT2D eigenvalue weighted by Crippen LogP contribution is -2.36. The number of aromatic nitrogens is 2. The molecule has 11 heteroatoms. The van der Waals surface area contributed by atoms with E-state index >= 15 is 0 Å². The second kappa shape index (κ2) is 12.9. The number of nitrogens with zero attached hydrogens (tertiary/aromatic N) is 6. The number of hydrogen-bond donors (Lipinski definition) is 3. The van der Waals surface area contributed by atoms with Crippen LogP contribution in [0.1, 0.15) is 54.6 Å². The molecule has 0 saturated carbocycles. The first-order valence-electron chi connectivity index (χ1n) is 13.0. The van der Waals surface area contributed by atoms with Crippen LogP contribution in [-0.2, 0) is 4.79 Å². The molecule has 0 bridgehead atoms. The fourth-order valence-electron chi connectivity index (χ4n) is 5.12. The standard InChI is InChI=1S/C27H34N8O3/c1-29-30-16-24-23(18-36)26(33-27(32-24)34-13-9-19(8-11-28)10-14-34)31-21-4-6-22(7-5-21)35-12-2-3-20(17-35)15-25(37)38/h4-7,16,18-20,29H,2-3,8-10,12-15,17H2,1H3,(H,37,38)(H,31,32,33)/b30-16-. The number of carboxylic acids is 1. The third-order valence-electron chi connectivity index (χ3n) is 7.15. The van der Waals surface area contributed by atoms with Gasteiger partial charge in [-0.25, -0.2) is 4.98 Å². The molecule has 2 aromatic rings. The molecule has 2 aliphatic heterocycles. The highest BCUT2D eigenvalue weighted by molar-refractivity contribution is 5.96. The van der Waals surface area contributed by atoms with Gasteiger partial charge in [0.25, 0.3) is 0 Å². The highest BCUT2D eigenvalue weighted by Gasteiger charge is 2.24. The fraction of sp³-hybridized carbons (Fsp3) is 0.481. The molecule has 1 atom stereocenters. The first-order valence-corrected chi connectivity index (χ1v) is 13.0. The van der Waals surface area contributed by atoms with Crippen LogP contribution in [0.3, 0.4) is 0 Å². The summed E-state index contributed by atoms with van der Waals surface area (Å²) < 4.78 is 0.